The molecule has 1 aromatic rings. The Kier molecular flexibility index (Phi) is 5.75. The highest BCUT2D eigenvalue weighted by Gasteiger charge is 2.23. The zero-order valence-electron chi connectivity index (χ0n) is 12.3. The Bertz CT molecular complexity index is 456. The van der Waals surface area contributed by atoms with Crippen LogP contribution in [0.25, 0.3) is 0 Å². The van der Waals surface area contributed by atoms with E-state index in [0.717, 1.165) is 42.5 Å². The number of benzene rings is 1. The van der Waals surface area contributed by atoms with Crippen molar-refractivity contribution in [2.75, 3.05) is 33.2 Å². The number of likely N-dealkylation sites (N-methyl/N-ethyl adjacent to an activating group) is 1. The Balaban J connectivity index is 1.90. The van der Waals surface area contributed by atoms with Gasteiger partial charge in [0.05, 0.1) is 6.54 Å². The molecule has 1 aliphatic heterocycles. The number of likely N-dealkylation sites (tertiary alicyclic amines) is 1. The average Bonchev–Trinajstić information content (AvgIpc) is 2.47. The maximum atomic E-state index is 12.4. The third kappa shape index (κ3) is 3.90. The third-order valence-corrected chi connectivity index (χ3v) is 4.89. The van der Waals surface area contributed by atoms with Crippen LogP contribution >= 0.6 is 15.9 Å². The summed E-state index contributed by atoms with van der Waals surface area (Å²) in [5, 5.41) is 0. The standard InChI is InChI=1S/C16H23BrN2O/c1-3-19-10-8-13(9-11-19)18(2)12-16(20)14-6-4-5-7-15(14)17/h4-7,13H,3,8-12H2,1-2H3. The van der Waals surface area contributed by atoms with E-state index in [9.17, 15) is 4.79 Å². The smallest absolute Gasteiger partial charge is 0.177 e. The van der Waals surface area contributed by atoms with Gasteiger partial charge in [-0.05, 0) is 45.6 Å². The molecule has 3 nitrogen and oxygen atoms in total. The third-order valence-electron chi connectivity index (χ3n) is 4.19. The van der Waals surface area contributed by atoms with Crippen molar-refractivity contribution in [2.24, 2.45) is 0 Å². The van der Waals surface area contributed by atoms with E-state index < -0.39 is 0 Å². The van der Waals surface area contributed by atoms with Crippen LogP contribution in [-0.4, -0.2) is 54.9 Å². The van der Waals surface area contributed by atoms with E-state index in [0.29, 0.717) is 12.6 Å². The Labute approximate surface area is 130 Å². The second-order valence-corrected chi connectivity index (χ2v) is 6.34. The van der Waals surface area contributed by atoms with Gasteiger partial charge in [-0.2, -0.15) is 0 Å². The van der Waals surface area contributed by atoms with Crippen molar-refractivity contribution in [3.8, 4) is 0 Å². The van der Waals surface area contributed by atoms with Gasteiger partial charge in [-0.15, -0.1) is 0 Å². The predicted molar refractivity (Wildman–Crippen MR) is 86.2 cm³/mol. The van der Waals surface area contributed by atoms with E-state index in [1.54, 1.807) is 0 Å². The molecule has 0 unspecified atom stereocenters. The van der Waals surface area contributed by atoms with E-state index in [4.69, 9.17) is 0 Å². The molecule has 2 rings (SSSR count). The van der Waals surface area contributed by atoms with Gasteiger partial charge in [-0.1, -0.05) is 41.1 Å². The van der Waals surface area contributed by atoms with Crippen molar-refractivity contribution in [2.45, 2.75) is 25.8 Å². The summed E-state index contributed by atoms with van der Waals surface area (Å²) in [5.74, 6) is 0.192. The minimum atomic E-state index is 0.192. The molecule has 0 radical (unpaired) electrons. The molecule has 1 heterocycles. The minimum absolute atomic E-state index is 0.192. The molecule has 1 aliphatic rings. The molecular formula is C16H23BrN2O. The van der Waals surface area contributed by atoms with Gasteiger partial charge in [0.25, 0.3) is 0 Å². The van der Waals surface area contributed by atoms with Gasteiger partial charge in [0.1, 0.15) is 0 Å². The maximum absolute atomic E-state index is 12.4. The Morgan fingerprint density at radius 1 is 1.35 bits per heavy atom. The molecule has 0 spiro atoms. The minimum Gasteiger partial charge on any atom is -0.303 e. The molecule has 0 aromatic heterocycles. The van der Waals surface area contributed by atoms with E-state index in [1.165, 1.54) is 0 Å². The summed E-state index contributed by atoms with van der Waals surface area (Å²) in [6.45, 7) is 6.13. The summed E-state index contributed by atoms with van der Waals surface area (Å²) in [7, 11) is 2.07. The van der Waals surface area contributed by atoms with Crippen LogP contribution in [0.4, 0.5) is 0 Å². The van der Waals surface area contributed by atoms with Gasteiger partial charge < -0.3 is 4.90 Å². The number of rotatable bonds is 5. The highest BCUT2D eigenvalue weighted by Crippen LogP contribution is 2.19. The molecule has 0 amide bonds. The SMILES string of the molecule is CCN1CCC(N(C)CC(=O)c2ccccc2Br)CC1. The first-order valence-electron chi connectivity index (χ1n) is 7.32. The molecule has 1 saturated heterocycles. The number of piperidine rings is 1. The fourth-order valence-electron chi connectivity index (χ4n) is 2.80. The van der Waals surface area contributed by atoms with Crippen LogP contribution in [0.5, 0.6) is 0 Å². The molecule has 0 saturated carbocycles. The number of ketones is 1. The number of Topliss-reactive ketones (excluding diaryl/α,β-unsaturated/α-hetero) is 1. The topological polar surface area (TPSA) is 23.6 Å². The fourth-order valence-corrected chi connectivity index (χ4v) is 3.31. The van der Waals surface area contributed by atoms with E-state index in [-0.39, 0.29) is 5.78 Å². The number of halogens is 1. The van der Waals surface area contributed by atoms with Gasteiger partial charge in [-0.25, -0.2) is 0 Å². The molecule has 0 N–H and O–H groups in total. The van der Waals surface area contributed by atoms with Crippen LogP contribution in [0.2, 0.25) is 0 Å². The van der Waals surface area contributed by atoms with Crippen molar-refractivity contribution in [3.63, 3.8) is 0 Å². The van der Waals surface area contributed by atoms with Crippen LogP contribution in [0.1, 0.15) is 30.1 Å². The molecular weight excluding hydrogens is 316 g/mol. The average molecular weight is 339 g/mol. The lowest BCUT2D eigenvalue weighted by molar-refractivity contribution is 0.0858. The summed E-state index contributed by atoms with van der Waals surface area (Å²) < 4.78 is 0.888. The van der Waals surface area contributed by atoms with Gasteiger partial charge in [-0.3, -0.25) is 9.69 Å². The van der Waals surface area contributed by atoms with Crippen molar-refractivity contribution >= 4 is 21.7 Å². The number of carbonyl (C=O) groups is 1. The lowest BCUT2D eigenvalue weighted by Crippen LogP contribution is -2.44. The lowest BCUT2D eigenvalue weighted by atomic mass is 10.0. The maximum Gasteiger partial charge on any atom is 0.177 e. The first-order chi connectivity index (χ1) is 9.61. The molecule has 0 bridgehead atoms. The Hall–Kier alpha value is -0.710. The second kappa shape index (κ2) is 7.34. The number of nitrogens with zero attached hydrogens (tertiary/aromatic N) is 2. The lowest BCUT2D eigenvalue weighted by Gasteiger charge is -2.36. The van der Waals surface area contributed by atoms with Gasteiger partial charge in [0.15, 0.2) is 5.78 Å². The molecule has 0 atom stereocenters. The number of hydrogen-bond acceptors (Lipinski definition) is 3. The zero-order chi connectivity index (χ0) is 14.5. The fraction of sp³-hybridized carbons (Fsp3) is 0.562. The highest BCUT2D eigenvalue weighted by molar-refractivity contribution is 9.10. The summed E-state index contributed by atoms with van der Waals surface area (Å²) in [4.78, 5) is 17.0. The summed E-state index contributed by atoms with van der Waals surface area (Å²) in [6.07, 6.45) is 2.32. The van der Waals surface area contributed by atoms with Crippen LogP contribution in [-0.2, 0) is 0 Å². The van der Waals surface area contributed by atoms with Gasteiger partial charge >= 0.3 is 0 Å². The molecule has 1 fully saturated rings. The summed E-state index contributed by atoms with van der Waals surface area (Å²) >= 11 is 3.45. The molecule has 4 heteroatoms. The molecule has 1 aromatic carbocycles. The number of carbonyl (C=O) groups excluding carboxylic acids is 1. The molecule has 110 valence electrons. The van der Waals surface area contributed by atoms with Gasteiger partial charge in [0, 0.05) is 16.1 Å². The summed E-state index contributed by atoms with van der Waals surface area (Å²) in [5.41, 5.74) is 0.783. The summed E-state index contributed by atoms with van der Waals surface area (Å²) in [6, 6.07) is 8.19. The predicted octanol–water partition coefficient (Wildman–Crippen LogP) is 3.05. The van der Waals surface area contributed by atoms with Crippen molar-refractivity contribution in [3.05, 3.63) is 34.3 Å². The second-order valence-electron chi connectivity index (χ2n) is 5.48. The van der Waals surface area contributed by atoms with E-state index >= 15 is 0 Å². The van der Waals surface area contributed by atoms with E-state index in [1.807, 2.05) is 24.3 Å². The van der Waals surface area contributed by atoms with Crippen molar-refractivity contribution < 1.29 is 4.79 Å². The Morgan fingerprint density at radius 2 is 2.00 bits per heavy atom. The van der Waals surface area contributed by atoms with Crippen LogP contribution in [0.15, 0.2) is 28.7 Å². The zero-order valence-corrected chi connectivity index (χ0v) is 13.9. The van der Waals surface area contributed by atoms with Crippen LogP contribution < -0.4 is 0 Å². The first kappa shape index (κ1) is 15.7. The van der Waals surface area contributed by atoms with Gasteiger partial charge in [0.2, 0.25) is 0 Å². The molecule has 0 aliphatic carbocycles. The monoisotopic (exact) mass is 338 g/mol. The van der Waals surface area contributed by atoms with E-state index in [2.05, 4.69) is 39.7 Å². The highest BCUT2D eigenvalue weighted by atomic mass is 79.9. The van der Waals surface area contributed by atoms with Crippen LogP contribution in [0.3, 0.4) is 0 Å². The quantitative estimate of drug-likeness (QED) is 0.771. The normalized spacial score (nSPS) is 17.6. The van der Waals surface area contributed by atoms with Crippen molar-refractivity contribution in [1.29, 1.82) is 0 Å². The molecule has 20 heavy (non-hydrogen) atoms. The largest absolute Gasteiger partial charge is 0.303 e. The first-order valence-corrected chi connectivity index (χ1v) is 8.11. The van der Waals surface area contributed by atoms with Crippen LogP contribution in [0, 0.1) is 0 Å². The van der Waals surface area contributed by atoms with Crippen molar-refractivity contribution in [1.82, 2.24) is 9.80 Å². The Morgan fingerprint density at radius 3 is 2.60 bits per heavy atom. The number of hydrogen-bond donors (Lipinski definition) is 0.